The molecule has 0 saturated heterocycles. The Balaban J connectivity index is 1.41. The first kappa shape index (κ1) is 24.4. The second kappa shape index (κ2) is 10.8. The molecule has 0 aliphatic carbocycles. The van der Waals surface area contributed by atoms with E-state index in [9.17, 15) is 4.79 Å². The largest absolute Gasteiger partial charge is 0.496 e. The van der Waals surface area contributed by atoms with Gasteiger partial charge in [0.2, 0.25) is 5.91 Å². The van der Waals surface area contributed by atoms with Crippen molar-refractivity contribution < 1.29 is 13.9 Å². The highest BCUT2D eigenvalue weighted by molar-refractivity contribution is 6.02. The zero-order valence-electron chi connectivity index (χ0n) is 21.5. The van der Waals surface area contributed by atoms with Gasteiger partial charge in [-0.05, 0) is 66.3 Å². The summed E-state index contributed by atoms with van der Waals surface area (Å²) in [6.45, 7) is 4.57. The van der Waals surface area contributed by atoms with Crippen molar-refractivity contribution in [3.05, 3.63) is 108 Å². The molecule has 0 bridgehead atoms. The highest BCUT2D eigenvalue weighted by atomic mass is 16.5. The van der Waals surface area contributed by atoms with E-state index >= 15 is 0 Å². The number of nitrogens with one attached hydrogen (secondary N) is 1. The van der Waals surface area contributed by atoms with Gasteiger partial charge in [-0.1, -0.05) is 66.7 Å². The van der Waals surface area contributed by atoms with Gasteiger partial charge in [0.25, 0.3) is 0 Å². The number of hydrogen-bond donors (Lipinski definition) is 1. The molecule has 0 fully saturated rings. The van der Waals surface area contributed by atoms with Crippen LogP contribution in [-0.4, -0.2) is 19.6 Å². The highest BCUT2D eigenvalue weighted by Crippen LogP contribution is 2.41. The maximum atomic E-state index is 12.7. The first-order chi connectivity index (χ1) is 18.0. The topological polar surface area (TPSA) is 51.5 Å². The van der Waals surface area contributed by atoms with Crippen LogP contribution in [0.1, 0.15) is 30.0 Å². The second-order valence-electron chi connectivity index (χ2n) is 9.38. The minimum Gasteiger partial charge on any atom is -0.496 e. The quantitative estimate of drug-likeness (QED) is 0.179. The minimum absolute atomic E-state index is 0.104. The fourth-order valence-corrected chi connectivity index (χ4v) is 4.93. The van der Waals surface area contributed by atoms with Crippen LogP contribution in [0, 0.1) is 6.92 Å². The number of furan rings is 1. The predicted octanol–water partition coefficient (Wildman–Crippen LogP) is 7.72. The minimum atomic E-state index is -0.104. The third kappa shape index (κ3) is 5.14. The number of methoxy groups -OCH3 is 1. The summed E-state index contributed by atoms with van der Waals surface area (Å²) < 4.78 is 11.8. The lowest BCUT2D eigenvalue weighted by molar-refractivity contribution is -0.116. The fraction of sp³-hybridized carbons (Fsp3) is 0.182. The lowest BCUT2D eigenvalue weighted by Gasteiger charge is -2.13. The van der Waals surface area contributed by atoms with Crippen LogP contribution in [0.5, 0.6) is 5.75 Å². The summed E-state index contributed by atoms with van der Waals surface area (Å²) in [7, 11) is 1.65. The summed E-state index contributed by atoms with van der Waals surface area (Å²) in [5.74, 6) is 0.616. The highest BCUT2D eigenvalue weighted by Gasteiger charge is 2.19. The molecule has 4 aromatic carbocycles. The van der Waals surface area contributed by atoms with Crippen molar-refractivity contribution >= 4 is 33.2 Å². The summed E-state index contributed by atoms with van der Waals surface area (Å²) in [4.78, 5) is 12.7. The lowest BCUT2D eigenvalue weighted by atomic mass is 9.95. The van der Waals surface area contributed by atoms with Crippen molar-refractivity contribution in [1.82, 2.24) is 5.32 Å². The molecule has 1 heterocycles. The number of aryl methyl sites for hydroxylation is 2. The van der Waals surface area contributed by atoms with E-state index in [-0.39, 0.29) is 5.91 Å². The van der Waals surface area contributed by atoms with Crippen molar-refractivity contribution in [2.75, 3.05) is 13.7 Å². The van der Waals surface area contributed by atoms with Crippen molar-refractivity contribution in [3.63, 3.8) is 0 Å². The Morgan fingerprint density at radius 2 is 1.73 bits per heavy atom. The molecule has 0 unspecified atom stereocenters. The Morgan fingerprint density at radius 1 is 0.973 bits per heavy atom. The van der Waals surface area contributed by atoms with Crippen LogP contribution in [0.2, 0.25) is 0 Å². The van der Waals surface area contributed by atoms with Crippen molar-refractivity contribution in [2.45, 2.75) is 26.7 Å². The average molecular weight is 490 g/mol. The Morgan fingerprint density at radius 3 is 2.51 bits per heavy atom. The van der Waals surface area contributed by atoms with Gasteiger partial charge >= 0.3 is 0 Å². The van der Waals surface area contributed by atoms with Gasteiger partial charge in [-0.25, -0.2) is 0 Å². The summed E-state index contributed by atoms with van der Waals surface area (Å²) in [5.41, 5.74) is 6.82. The normalized spacial score (nSPS) is 11.7. The molecule has 0 radical (unpaired) electrons. The van der Waals surface area contributed by atoms with E-state index in [1.165, 1.54) is 16.3 Å². The Hall–Kier alpha value is -4.31. The number of rotatable bonds is 8. The summed E-state index contributed by atoms with van der Waals surface area (Å²) in [6.07, 6.45) is 5.29. The van der Waals surface area contributed by atoms with Gasteiger partial charge in [0.05, 0.1) is 13.4 Å². The zero-order valence-corrected chi connectivity index (χ0v) is 21.5. The Kier molecular flexibility index (Phi) is 7.09. The molecule has 5 rings (SSSR count). The summed E-state index contributed by atoms with van der Waals surface area (Å²) in [6, 6.07) is 27.2. The number of ether oxygens (including phenoxy) is 1. The molecule has 186 valence electrons. The Bertz CT molecular complexity index is 1590. The third-order valence-electron chi connectivity index (χ3n) is 6.87. The Labute approximate surface area is 217 Å². The number of carbonyl (C=O) groups excluding carboxylic acids is 1. The smallest absolute Gasteiger partial charge is 0.244 e. The molecule has 4 heteroatoms. The van der Waals surface area contributed by atoms with Gasteiger partial charge in [-0.2, -0.15) is 0 Å². The van der Waals surface area contributed by atoms with Crippen LogP contribution >= 0.6 is 0 Å². The molecule has 5 aromatic rings. The number of hydrogen-bond acceptors (Lipinski definition) is 3. The maximum absolute atomic E-state index is 12.7. The number of fused-ring (bicyclic) bond motifs is 2. The predicted molar refractivity (Wildman–Crippen MR) is 152 cm³/mol. The number of allylic oxidation sites excluding steroid dienone is 1. The molecule has 1 amide bonds. The summed E-state index contributed by atoms with van der Waals surface area (Å²) >= 11 is 0. The fourth-order valence-electron chi connectivity index (χ4n) is 4.93. The summed E-state index contributed by atoms with van der Waals surface area (Å²) in [5, 5.41) is 6.40. The second-order valence-corrected chi connectivity index (χ2v) is 9.38. The SMILES string of the molecule is COc1c(/C(C)=C/C(=O)NCCCc2ccccc2)cc2c(-c3ccc4ccccc4c3)coc2c1C. The van der Waals surface area contributed by atoms with Crippen LogP contribution in [0.15, 0.2) is 95.6 Å². The first-order valence-electron chi connectivity index (χ1n) is 12.6. The molecular formula is C33H31NO3. The molecule has 4 nitrogen and oxygen atoms in total. The van der Waals surface area contributed by atoms with Gasteiger partial charge in [-0.3, -0.25) is 4.79 Å². The third-order valence-corrected chi connectivity index (χ3v) is 6.87. The molecule has 1 aromatic heterocycles. The van der Waals surface area contributed by atoms with Gasteiger partial charge in [-0.15, -0.1) is 0 Å². The van der Waals surface area contributed by atoms with Crippen LogP contribution < -0.4 is 10.1 Å². The average Bonchev–Trinajstić information content (AvgIpc) is 3.36. The molecule has 0 spiro atoms. The van der Waals surface area contributed by atoms with Crippen LogP contribution in [0.3, 0.4) is 0 Å². The van der Waals surface area contributed by atoms with Gasteiger partial charge in [0.1, 0.15) is 11.3 Å². The molecule has 0 aliphatic heterocycles. The van der Waals surface area contributed by atoms with E-state index in [4.69, 9.17) is 9.15 Å². The number of carbonyl (C=O) groups is 1. The van der Waals surface area contributed by atoms with E-state index in [0.29, 0.717) is 6.54 Å². The van der Waals surface area contributed by atoms with Gasteiger partial charge in [0, 0.05) is 34.7 Å². The molecule has 0 saturated carbocycles. The molecular weight excluding hydrogens is 458 g/mol. The molecule has 37 heavy (non-hydrogen) atoms. The molecule has 0 atom stereocenters. The molecule has 0 aliphatic rings. The van der Waals surface area contributed by atoms with E-state index in [0.717, 1.165) is 57.4 Å². The first-order valence-corrected chi connectivity index (χ1v) is 12.6. The molecule has 1 N–H and O–H groups in total. The number of amides is 1. The van der Waals surface area contributed by atoms with Crippen molar-refractivity contribution in [1.29, 1.82) is 0 Å². The zero-order chi connectivity index (χ0) is 25.8. The van der Waals surface area contributed by atoms with E-state index in [1.807, 2.05) is 50.4 Å². The monoisotopic (exact) mass is 489 g/mol. The van der Waals surface area contributed by atoms with E-state index in [2.05, 4.69) is 53.8 Å². The van der Waals surface area contributed by atoms with E-state index in [1.54, 1.807) is 13.2 Å². The number of benzene rings is 4. The van der Waals surface area contributed by atoms with Crippen molar-refractivity contribution in [2.24, 2.45) is 0 Å². The van der Waals surface area contributed by atoms with Crippen LogP contribution in [0.25, 0.3) is 38.4 Å². The lowest BCUT2D eigenvalue weighted by Crippen LogP contribution is -2.22. The van der Waals surface area contributed by atoms with E-state index < -0.39 is 0 Å². The van der Waals surface area contributed by atoms with Crippen LogP contribution in [-0.2, 0) is 11.2 Å². The van der Waals surface area contributed by atoms with Gasteiger partial charge < -0.3 is 14.5 Å². The maximum Gasteiger partial charge on any atom is 0.244 e. The standard InChI is InChI=1S/C33H31NO3/c1-22(18-31(35)34-17-9-12-24-10-5-4-6-11-24)28-20-29-30(21-37-33(29)23(2)32(28)36-3)27-16-15-25-13-7-8-14-26(25)19-27/h4-8,10-11,13-16,18-21H,9,12,17H2,1-3H3,(H,34,35)/b22-18+. The van der Waals surface area contributed by atoms with Gasteiger partial charge in [0.15, 0.2) is 0 Å². The van der Waals surface area contributed by atoms with Crippen molar-refractivity contribution in [3.8, 4) is 16.9 Å². The van der Waals surface area contributed by atoms with Crippen LogP contribution in [0.4, 0.5) is 0 Å².